The monoisotopic (exact) mass is 274 g/mol. The van der Waals surface area contributed by atoms with E-state index < -0.39 is 0 Å². The highest BCUT2D eigenvalue weighted by Gasteiger charge is 2.07. The van der Waals surface area contributed by atoms with Crippen LogP contribution in [-0.2, 0) is 5.75 Å². The molecule has 19 heavy (non-hydrogen) atoms. The molecule has 6 heteroatoms. The molecular formula is C13H14N4OS. The Morgan fingerprint density at radius 2 is 2.26 bits per heavy atom. The average molecular weight is 274 g/mol. The number of ether oxygens (including phenoxy) is 1. The average Bonchev–Trinajstić information content (AvgIpc) is 2.46. The normalized spacial score (nSPS) is 10.2. The third kappa shape index (κ3) is 3.45. The molecule has 5 nitrogen and oxygen atoms in total. The molecule has 1 aromatic heterocycles. The van der Waals surface area contributed by atoms with Crippen molar-refractivity contribution in [3.8, 4) is 5.75 Å². The van der Waals surface area contributed by atoms with Gasteiger partial charge in [0.1, 0.15) is 16.6 Å². The van der Waals surface area contributed by atoms with Crippen LogP contribution in [0.25, 0.3) is 0 Å². The summed E-state index contributed by atoms with van der Waals surface area (Å²) in [6, 6.07) is 5.64. The van der Waals surface area contributed by atoms with Crippen molar-refractivity contribution in [3.63, 3.8) is 0 Å². The van der Waals surface area contributed by atoms with Gasteiger partial charge in [0, 0.05) is 18.1 Å². The van der Waals surface area contributed by atoms with E-state index in [0.717, 1.165) is 16.3 Å². The highest BCUT2D eigenvalue weighted by molar-refractivity contribution is 7.98. The summed E-state index contributed by atoms with van der Waals surface area (Å²) in [6.45, 7) is 0. The third-order valence-corrected chi connectivity index (χ3v) is 3.46. The van der Waals surface area contributed by atoms with E-state index in [1.807, 2.05) is 18.2 Å². The summed E-state index contributed by atoms with van der Waals surface area (Å²) in [5.41, 5.74) is 7.21. The molecule has 2 rings (SSSR count). The molecule has 0 unspecified atom stereocenters. The Morgan fingerprint density at radius 3 is 2.89 bits per heavy atom. The Balaban J connectivity index is 2.13. The lowest BCUT2D eigenvalue weighted by atomic mass is 10.1. The number of nitrogens with two attached hydrogens (primary N) is 1. The van der Waals surface area contributed by atoms with Crippen LogP contribution in [0.5, 0.6) is 5.75 Å². The van der Waals surface area contributed by atoms with Crippen LogP contribution >= 0.6 is 11.8 Å². The number of hydrogen-bond acceptors (Lipinski definition) is 5. The predicted molar refractivity (Wildman–Crippen MR) is 75.6 cm³/mol. The van der Waals surface area contributed by atoms with Crippen molar-refractivity contribution in [3.05, 3.63) is 47.9 Å². The molecule has 0 saturated heterocycles. The summed E-state index contributed by atoms with van der Waals surface area (Å²) >= 11 is 1.58. The Morgan fingerprint density at radius 1 is 1.42 bits per heavy atom. The van der Waals surface area contributed by atoms with Crippen LogP contribution < -0.4 is 10.5 Å². The zero-order valence-electron chi connectivity index (χ0n) is 10.5. The summed E-state index contributed by atoms with van der Waals surface area (Å²) in [7, 11) is 1.57. The Bertz CT molecular complexity index is 574. The predicted octanol–water partition coefficient (Wildman–Crippen LogP) is 2.06. The molecule has 0 amide bonds. The minimum atomic E-state index is 0.00297. The summed E-state index contributed by atoms with van der Waals surface area (Å²) in [5.74, 6) is 1.35. The van der Waals surface area contributed by atoms with Crippen molar-refractivity contribution in [2.24, 2.45) is 5.73 Å². The van der Waals surface area contributed by atoms with Gasteiger partial charge in [-0.2, -0.15) is 0 Å². The van der Waals surface area contributed by atoms with Crippen molar-refractivity contribution in [1.82, 2.24) is 9.97 Å². The van der Waals surface area contributed by atoms with E-state index in [1.54, 1.807) is 37.5 Å². The summed E-state index contributed by atoms with van der Waals surface area (Å²) in [6.07, 6.45) is 5.03. The largest absolute Gasteiger partial charge is 0.496 e. The molecule has 1 aromatic carbocycles. The lowest BCUT2D eigenvalue weighted by Gasteiger charge is -2.09. The van der Waals surface area contributed by atoms with E-state index in [9.17, 15) is 0 Å². The van der Waals surface area contributed by atoms with Gasteiger partial charge in [0.15, 0.2) is 0 Å². The second kappa shape index (κ2) is 6.19. The van der Waals surface area contributed by atoms with Crippen LogP contribution in [-0.4, -0.2) is 22.9 Å². The fraction of sp³-hybridized carbons (Fsp3) is 0.154. The van der Waals surface area contributed by atoms with Gasteiger partial charge in [0.2, 0.25) is 0 Å². The molecule has 3 N–H and O–H groups in total. The maximum absolute atomic E-state index is 7.54. The number of nitrogens with one attached hydrogen (secondary N) is 1. The van der Waals surface area contributed by atoms with Gasteiger partial charge in [-0.25, -0.2) is 4.98 Å². The zero-order chi connectivity index (χ0) is 13.7. The summed E-state index contributed by atoms with van der Waals surface area (Å²) < 4.78 is 5.17. The first-order valence-electron chi connectivity index (χ1n) is 5.61. The second-order valence-corrected chi connectivity index (χ2v) is 4.78. The van der Waals surface area contributed by atoms with Crippen molar-refractivity contribution in [2.75, 3.05) is 7.11 Å². The standard InChI is InChI=1S/C13H14N4OS/c1-18-11-3-2-9(6-10(11)13(14)15)8-19-12-7-16-4-5-17-12/h2-7H,8H2,1H3,(H3,14,15). The number of thioether (sulfide) groups is 1. The minimum Gasteiger partial charge on any atom is -0.496 e. The first-order valence-corrected chi connectivity index (χ1v) is 6.59. The molecule has 98 valence electrons. The fourth-order valence-corrected chi connectivity index (χ4v) is 2.34. The van der Waals surface area contributed by atoms with Crippen LogP contribution in [0.4, 0.5) is 0 Å². The molecule has 0 aliphatic heterocycles. The van der Waals surface area contributed by atoms with E-state index >= 15 is 0 Å². The number of nitrogen functional groups attached to an aromatic ring is 1. The SMILES string of the molecule is COc1ccc(CSc2cnccn2)cc1C(=N)N. The lowest BCUT2D eigenvalue weighted by molar-refractivity contribution is 0.413. The number of nitrogens with zero attached hydrogens (tertiary/aromatic N) is 2. The molecule has 0 bridgehead atoms. The van der Waals surface area contributed by atoms with Gasteiger partial charge in [-0.1, -0.05) is 6.07 Å². The molecular weight excluding hydrogens is 260 g/mol. The highest BCUT2D eigenvalue weighted by atomic mass is 32.2. The van der Waals surface area contributed by atoms with Gasteiger partial charge in [-0.3, -0.25) is 10.4 Å². The first kappa shape index (κ1) is 13.4. The molecule has 0 fully saturated rings. The topological polar surface area (TPSA) is 84.9 Å². The van der Waals surface area contributed by atoms with Crippen molar-refractivity contribution >= 4 is 17.6 Å². The lowest BCUT2D eigenvalue weighted by Crippen LogP contribution is -2.12. The maximum Gasteiger partial charge on any atom is 0.129 e. The second-order valence-electron chi connectivity index (χ2n) is 3.78. The summed E-state index contributed by atoms with van der Waals surface area (Å²) in [4.78, 5) is 8.21. The van der Waals surface area contributed by atoms with Crippen molar-refractivity contribution in [2.45, 2.75) is 10.8 Å². The van der Waals surface area contributed by atoms with Crippen molar-refractivity contribution < 1.29 is 4.74 Å². The molecule has 0 spiro atoms. The number of methoxy groups -OCH3 is 1. The molecule has 0 aliphatic carbocycles. The molecule has 2 aromatic rings. The van der Waals surface area contributed by atoms with Crippen LogP contribution in [0.15, 0.2) is 41.8 Å². The van der Waals surface area contributed by atoms with Gasteiger partial charge < -0.3 is 10.5 Å². The van der Waals surface area contributed by atoms with E-state index in [1.165, 1.54) is 0 Å². The van der Waals surface area contributed by atoms with Crippen LogP contribution in [0, 0.1) is 5.41 Å². The zero-order valence-corrected chi connectivity index (χ0v) is 11.3. The molecule has 0 atom stereocenters. The molecule has 1 heterocycles. The molecule has 0 radical (unpaired) electrons. The van der Waals surface area contributed by atoms with Crippen LogP contribution in [0.1, 0.15) is 11.1 Å². The number of hydrogen-bond donors (Lipinski definition) is 2. The van der Waals surface area contributed by atoms with Gasteiger partial charge in [-0.05, 0) is 17.7 Å². The van der Waals surface area contributed by atoms with Crippen LogP contribution in [0.2, 0.25) is 0 Å². The molecule has 0 aliphatic rings. The first-order chi connectivity index (χ1) is 9.20. The Labute approximate surface area is 115 Å². The Kier molecular flexibility index (Phi) is 4.35. The number of amidine groups is 1. The fourth-order valence-electron chi connectivity index (χ4n) is 1.57. The smallest absolute Gasteiger partial charge is 0.129 e. The third-order valence-electron chi connectivity index (χ3n) is 2.48. The van der Waals surface area contributed by atoms with E-state index in [0.29, 0.717) is 11.3 Å². The Hall–Kier alpha value is -2.08. The maximum atomic E-state index is 7.54. The van der Waals surface area contributed by atoms with E-state index in [4.69, 9.17) is 15.9 Å². The van der Waals surface area contributed by atoms with E-state index in [2.05, 4.69) is 9.97 Å². The number of benzene rings is 1. The quantitative estimate of drug-likeness (QED) is 0.495. The number of aromatic nitrogens is 2. The minimum absolute atomic E-state index is 0.00297. The summed E-state index contributed by atoms with van der Waals surface area (Å²) in [5, 5.41) is 8.40. The van der Waals surface area contributed by atoms with Crippen molar-refractivity contribution in [1.29, 1.82) is 5.41 Å². The number of rotatable bonds is 5. The van der Waals surface area contributed by atoms with Gasteiger partial charge in [0.25, 0.3) is 0 Å². The van der Waals surface area contributed by atoms with Gasteiger partial charge in [-0.15, -0.1) is 11.8 Å². The van der Waals surface area contributed by atoms with Gasteiger partial charge in [0.05, 0.1) is 18.9 Å². The van der Waals surface area contributed by atoms with Crippen LogP contribution in [0.3, 0.4) is 0 Å². The van der Waals surface area contributed by atoms with E-state index in [-0.39, 0.29) is 5.84 Å². The van der Waals surface area contributed by atoms with Gasteiger partial charge >= 0.3 is 0 Å². The highest BCUT2D eigenvalue weighted by Crippen LogP contribution is 2.24. The molecule has 0 saturated carbocycles.